The van der Waals surface area contributed by atoms with Crippen LogP contribution in [0.5, 0.6) is 0 Å². The zero-order chi connectivity index (χ0) is 12.4. The molecule has 0 aliphatic rings. The van der Waals surface area contributed by atoms with Crippen LogP contribution in [0.1, 0.15) is 5.76 Å². The molecule has 90 valence electrons. The Hall–Kier alpha value is -2.01. The number of anilines is 1. The number of furan rings is 1. The molecule has 0 radical (unpaired) electrons. The lowest BCUT2D eigenvalue weighted by molar-refractivity contribution is 0.530. The first-order valence-electron chi connectivity index (χ1n) is 5.48. The molecule has 4 nitrogen and oxygen atoms in total. The summed E-state index contributed by atoms with van der Waals surface area (Å²) >= 11 is 1.63. The van der Waals surface area contributed by atoms with E-state index in [0.29, 0.717) is 5.69 Å². The number of fused-ring (bicyclic) bond motifs is 1. The fourth-order valence-corrected chi connectivity index (χ4v) is 2.59. The molecule has 0 saturated carbocycles. The van der Waals surface area contributed by atoms with Crippen LogP contribution < -0.4 is 5.73 Å². The predicted octanol–water partition coefficient (Wildman–Crippen LogP) is 3.10. The second-order valence-electron chi connectivity index (χ2n) is 3.82. The lowest BCUT2D eigenvalue weighted by Gasteiger charge is -2.04. The molecule has 18 heavy (non-hydrogen) atoms. The van der Waals surface area contributed by atoms with Crippen LogP contribution in [0.15, 0.2) is 52.4 Å². The number of nitrogens with zero attached hydrogens (tertiary/aromatic N) is 2. The van der Waals surface area contributed by atoms with Crippen LogP contribution in [-0.2, 0) is 5.75 Å². The van der Waals surface area contributed by atoms with Crippen molar-refractivity contribution in [1.82, 2.24) is 9.97 Å². The highest BCUT2D eigenvalue weighted by molar-refractivity contribution is 7.98. The summed E-state index contributed by atoms with van der Waals surface area (Å²) in [7, 11) is 0. The molecule has 0 amide bonds. The summed E-state index contributed by atoms with van der Waals surface area (Å²) in [4.78, 5) is 8.53. The van der Waals surface area contributed by atoms with E-state index in [1.54, 1.807) is 24.4 Å². The molecular weight excluding hydrogens is 246 g/mol. The quantitative estimate of drug-likeness (QED) is 0.443. The number of nitrogens with two attached hydrogens (primary N) is 1. The van der Waals surface area contributed by atoms with Crippen molar-refractivity contribution >= 4 is 28.4 Å². The zero-order valence-electron chi connectivity index (χ0n) is 9.54. The van der Waals surface area contributed by atoms with E-state index in [1.165, 1.54) is 0 Å². The molecule has 0 atom stereocenters. The minimum atomic E-state index is 0.711. The summed E-state index contributed by atoms with van der Waals surface area (Å²) in [6.45, 7) is 0. The van der Waals surface area contributed by atoms with E-state index in [2.05, 4.69) is 9.97 Å². The van der Waals surface area contributed by atoms with Gasteiger partial charge in [-0.1, -0.05) is 11.8 Å². The van der Waals surface area contributed by atoms with E-state index in [0.717, 1.165) is 27.4 Å². The molecule has 5 heteroatoms. The van der Waals surface area contributed by atoms with Crippen LogP contribution in [0.2, 0.25) is 0 Å². The number of rotatable bonds is 3. The van der Waals surface area contributed by atoms with Gasteiger partial charge >= 0.3 is 0 Å². The number of hydrogen-bond acceptors (Lipinski definition) is 5. The fourth-order valence-electron chi connectivity index (χ4n) is 1.70. The molecule has 0 fully saturated rings. The molecule has 0 unspecified atom stereocenters. The Bertz CT molecular complexity index is 667. The summed E-state index contributed by atoms with van der Waals surface area (Å²) in [5.74, 6) is 1.69. The smallest absolute Gasteiger partial charge is 0.117 e. The minimum absolute atomic E-state index is 0.711. The van der Waals surface area contributed by atoms with Crippen molar-refractivity contribution in [2.75, 3.05) is 5.73 Å². The fraction of sp³-hybridized carbons (Fsp3) is 0.0769. The number of benzene rings is 1. The average Bonchev–Trinajstić information content (AvgIpc) is 2.89. The summed E-state index contributed by atoms with van der Waals surface area (Å²) in [5.41, 5.74) is 7.32. The van der Waals surface area contributed by atoms with Gasteiger partial charge in [-0.3, -0.25) is 0 Å². The van der Waals surface area contributed by atoms with Gasteiger partial charge in [0.1, 0.15) is 17.1 Å². The standard InChI is InChI=1S/C13H11N3OS/c14-9-3-4-11-12(6-9)15-8-16-13(11)18-7-10-2-1-5-17-10/h1-6,8H,7,14H2. The molecule has 3 aromatic rings. The molecule has 2 heterocycles. The third-order valence-electron chi connectivity index (χ3n) is 2.56. The third-order valence-corrected chi connectivity index (χ3v) is 3.58. The van der Waals surface area contributed by atoms with E-state index < -0.39 is 0 Å². The summed E-state index contributed by atoms with van der Waals surface area (Å²) in [6.07, 6.45) is 3.24. The Morgan fingerprint density at radius 1 is 1.22 bits per heavy atom. The van der Waals surface area contributed by atoms with Crippen LogP contribution in [-0.4, -0.2) is 9.97 Å². The van der Waals surface area contributed by atoms with Gasteiger partial charge in [-0.2, -0.15) is 0 Å². The highest BCUT2D eigenvalue weighted by atomic mass is 32.2. The van der Waals surface area contributed by atoms with Crippen molar-refractivity contribution in [2.24, 2.45) is 0 Å². The molecule has 0 spiro atoms. The van der Waals surface area contributed by atoms with Crippen molar-refractivity contribution in [1.29, 1.82) is 0 Å². The molecule has 0 saturated heterocycles. The Morgan fingerprint density at radius 3 is 3.00 bits per heavy atom. The first-order valence-corrected chi connectivity index (χ1v) is 6.47. The van der Waals surface area contributed by atoms with Gasteiger partial charge in [0.2, 0.25) is 0 Å². The van der Waals surface area contributed by atoms with Crippen LogP contribution in [0.3, 0.4) is 0 Å². The van der Waals surface area contributed by atoms with Crippen molar-refractivity contribution in [3.8, 4) is 0 Å². The SMILES string of the molecule is Nc1ccc2c(SCc3ccco3)ncnc2c1. The molecule has 2 N–H and O–H groups in total. The van der Waals surface area contributed by atoms with Gasteiger partial charge in [-0.05, 0) is 30.3 Å². The largest absolute Gasteiger partial charge is 0.468 e. The first kappa shape index (κ1) is 11.1. The molecule has 1 aromatic carbocycles. The maximum absolute atomic E-state index is 5.74. The Balaban J connectivity index is 1.92. The molecule has 0 aliphatic heterocycles. The Morgan fingerprint density at radius 2 is 2.17 bits per heavy atom. The van der Waals surface area contributed by atoms with Gasteiger partial charge in [-0.25, -0.2) is 9.97 Å². The van der Waals surface area contributed by atoms with Crippen LogP contribution in [0.4, 0.5) is 5.69 Å². The Labute approximate surface area is 108 Å². The normalized spacial score (nSPS) is 10.9. The topological polar surface area (TPSA) is 64.9 Å². The van der Waals surface area contributed by atoms with Gasteiger partial charge in [0.25, 0.3) is 0 Å². The van der Waals surface area contributed by atoms with Gasteiger partial charge < -0.3 is 10.2 Å². The molecule has 0 aliphatic carbocycles. The molecule has 2 aromatic heterocycles. The summed E-state index contributed by atoms with van der Waals surface area (Å²) < 4.78 is 5.30. The average molecular weight is 257 g/mol. The van der Waals surface area contributed by atoms with Crippen molar-refractivity contribution in [3.63, 3.8) is 0 Å². The third kappa shape index (κ3) is 2.17. The number of thioether (sulfide) groups is 1. The number of hydrogen-bond donors (Lipinski definition) is 1. The summed E-state index contributed by atoms with van der Waals surface area (Å²) in [5, 5.41) is 1.96. The number of nitrogen functional groups attached to an aromatic ring is 1. The van der Waals surface area contributed by atoms with Crippen molar-refractivity contribution in [3.05, 3.63) is 48.7 Å². The number of aromatic nitrogens is 2. The predicted molar refractivity (Wildman–Crippen MR) is 72.2 cm³/mol. The highest BCUT2D eigenvalue weighted by Gasteiger charge is 2.06. The monoisotopic (exact) mass is 257 g/mol. The van der Waals surface area contributed by atoms with E-state index in [9.17, 15) is 0 Å². The van der Waals surface area contributed by atoms with Gasteiger partial charge in [0.05, 0.1) is 17.5 Å². The van der Waals surface area contributed by atoms with E-state index in [1.807, 2.05) is 30.3 Å². The van der Waals surface area contributed by atoms with E-state index >= 15 is 0 Å². The summed E-state index contributed by atoms with van der Waals surface area (Å²) in [6, 6.07) is 9.51. The molecule has 3 rings (SSSR count). The minimum Gasteiger partial charge on any atom is -0.468 e. The first-order chi connectivity index (χ1) is 8.83. The maximum Gasteiger partial charge on any atom is 0.117 e. The highest BCUT2D eigenvalue weighted by Crippen LogP contribution is 2.28. The van der Waals surface area contributed by atoms with Crippen LogP contribution in [0.25, 0.3) is 10.9 Å². The van der Waals surface area contributed by atoms with Crippen LogP contribution in [0, 0.1) is 0 Å². The van der Waals surface area contributed by atoms with Gasteiger partial charge in [0.15, 0.2) is 0 Å². The Kier molecular flexibility index (Phi) is 2.90. The maximum atomic E-state index is 5.74. The van der Waals surface area contributed by atoms with E-state index in [-0.39, 0.29) is 0 Å². The zero-order valence-corrected chi connectivity index (χ0v) is 10.4. The van der Waals surface area contributed by atoms with Crippen molar-refractivity contribution in [2.45, 2.75) is 10.8 Å². The van der Waals surface area contributed by atoms with Gasteiger partial charge in [-0.15, -0.1) is 0 Å². The van der Waals surface area contributed by atoms with Gasteiger partial charge in [0, 0.05) is 11.1 Å². The lowest BCUT2D eigenvalue weighted by atomic mass is 10.2. The second-order valence-corrected chi connectivity index (χ2v) is 4.79. The molecule has 0 bridgehead atoms. The second kappa shape index (κ2) is 4.70. The lowest BCUT2D eigenvalue weighted by Crippen LogP contribution is -1.90. The van der Waals surface area contributed by atoms with Crippen LogP contribution >= 0.6 is 11.8 Å². The molecular formula is C13H11N3OS. The van der Waals surface area contributed by atoms with Crippen molar-refractivity contribution < 1.29 is 4.42 Å². The van der Waals surface area contributed by atoms with E-state index in [4.69, 9.17) is 10.2 Å².